The number of hydrogen-bond acceptors (Lipinski definition) is 5. The molecule has 0 spiro atoms. The van der Waals surface area contributed by atoms with Crippen molar-refractivity contribution in [2.24, 2.45) is 7.05 Å². The summed E-state index contributed by atoms with van der Waals surface area (Å²) in [6.07, 6.45) is 1.83. The van der Waals surface area contributed by atoms with Crippen LogP contribution in [0.5, 0.6) is 0 Å². The smallest absolute Gasteiger partial charge is 0.411 e. The number of aryl methyl sites for hydroxylation is 1. The van der Waals surface area contributed by atoms with Crippen molar-refractivity contribution >= 4 is 23.7 Å². The van der Waals surface area contributed by atoms with Crippen LogP contribution in [-0.2, 0) is 16.6 Å². The lowest BCUT2D eigenvalue weighted by Gasteiger charge is -2.16. The molecule has 1 aliphatic rings. The number of benzene rings is 2. The SMILES string of the molecule is CCC[C@@H](CC(=O)O)NC(=O)c1nn(C)cc1NC(=O)OCC1c2ccccc2-c2ccccc21. The van der Waals surface area contributed by atoms with Crippen molar-refractivity contribution in [2.45, 2.75) is 38.1 Å². The molecule has 0 saturated heterocycles. The van der Waals surface area contributed by atoms with Gasteiger partial charge < -0.3 is 15.2 Å². The number of rotatable bonds is 9. The fourth-order valence-electron chi connectivity index (χ4n) is 4.53. The number of fused-ring (bicyclic) bond motifs is 3. The third kappa shape index (κ3) is 5.34. The highest BCUT2D eigenvalue weighted by molar-refractivity contribution is 6.01. The number of hydrogen-bond donors (Lipinski definition) is 3. The van der Waals surface area contributed by atoms with Gasteiger partial charge in [-0.05, 0) is 28.7 Å². The van der Waals surface area contributed by atoms with Crippen LogP contribution in [0.2, 0.25) is 0 Å². The van der Waals surface area contributed by atoms with Crippen LogP contribution in [0, 0.1) is 0 Å². The Morgan fingerprint density at radius 3 is 2.31 bits per heavy atom. The van der Waals surface area contributed by atoms with E-state index >= 15 is 0 Å². The summed E-state index contributed by atoms with van der Waals surface area (Å²) in [5.74, 6) is -1.64. The molecule has 9 heteroatoms. The average molecular weight is 477 g/mol. The van der Waals surface area contributed by atoms with Gasteiger partial charge in [0.2, 0.25) is 0 Å². The van der Waals surface area contributed by atoms with E-state index in [1.165, 1.54) is 10.9 Å². The second kappa shape index (κ2) is 10.4. The van der Waals surface area contributed by atoms with Crippen molar-refractivity contribution < 1.29 is 24.2 Å². The molecule has 3 N–H and O–H groups in total. The third-order valence-electron chi connectivity index (χ3n) is 6.02. The number of carbonyl (C=O) groups is 3. The van der Waals surface area contributed by atoms with Gasteiger partial charge in [0.15, 0.2) is 5.69 Å². The molecule has 1 aromatic heterocycles. The van der Waals surface area contributed by atoms with Crippen molar-refractivity contribution in [3.8, 4) is 11.1 Å². The second-order valence-corrected chi connectivity index (χ2v) is 8.57. The number of nitrogens with zero attached hydrogens (tertiary/aromatic N) is 2. The zero-order valence-corrected chi connectivity index (χ0v) is 19.7. The molecule has 0 fully saturated rings. The van der Waals surface area contributed by atoms with Crippen LogP contribution in [0.25, 0.3) is 11.1 Å². The number of aliphatic carboxylic acids is 1. The molecule has 0 aliphatic heterocycles. The van der Waals surface area contributed by atoms with Gasteiger partial charge in [-0.1, -0.05) is 61.9 Å². The van der Waals surface area contributed by atoms with E-state index in [0.29, 0.717) is 12.8 Å². The molecule has 3 aromatic rings. The highest BCUT2D eigenvalue weighted by Gasteiger charge is 2.29. The normalized spacial score (nSPS) is 13.0. The van der Waals surface area contributed by atoms with Crippen LogP contribution >= 0.6 is 0 Å². The van der Waals surface area contributed by atoms with Crippen LogP contribution in [0.15, 0.2) is 54.7 Å². The Labute approximate surface area is 203 Å². The topological polar surface area (TPSA) is 123 Å². The van der Waals surface area contributed by atoms with Crippen molar-refractivity contribution in [2.75, 3.05) is 11.9 Å². The molecule has 9 nitrogen and oxygen atoms in total. The van der Waals surface area contributed by atoms with E-state index in [0.717, 1.165) is 22.3 Å². The molecular weight excluding hydrogens is 448 g/mol. The van der Waals surface area contributed by atoms with E-state index in [4.69, 9.17) is 9.84 Å². The number of carboxylic acids is 1. The quantitative estimate of drug-likeness (QED) is 0.426. The van der Waals surface area contributed by atoms with E-state index in [9.17, 15) is 14.4 Å². The minimum Gasteiger partial charge on any atom is -0.481 e. The van der Waals surface area contributed by atoms with Crippen molar-refractivity contribution in [1.29, 1.82) is 0 Å². The summed E-state index contributed by atoms with van der Waals surface area (Å²) in [7, 11) is 1.63. The third-order valence-corrected chi connectivity index (χ3v) is 6.02. The van der Waals surface area contributed by atoms with Gasteiger partial charge in [-0.2, -0.15) is 5.10 Å². The largest absolute Gasteiger partial charge is 0.481 e. The number of anilines is 1. The van der Waals surface area contributed by atoms with Gasteiger partial charge in [0, 0.05) is 25.2 Å². The first-order valence-electron chi connectivity index (χ1n) is 11.6. The van der Waals surface area contributed by atoms with Gasteiger partial charge in [-0.3, -0.25) is 19.6 Å². The molecule has 0 unspecified atom stereocenters. The lowest BCUT2D eigenvalue weighted by atomic mass is 9.98. The molecule has 1 heterocycles. The Balaban J connectivity index is 1.43. The maximum atomic E-state index is 12.8. The first-order valence-corrected chi connectivity index (χ1v) is 11.6. The van der Waals surface area contributed by atoms with Crippen molar-refractivity contribution in [1.82, 2.24) is 15.1 Å². The second-order valence-electron chi connectivity index (χ2n) is 8.57. The molecule has 2 aromatic carbocycles. The molecule has 2 amide bonds. The van der Waals surface area contributed by atoms with Gasteiger partial charge in [0.1, 0.15) is 6.61 Å². The fourth-order valence-corrected chi connectivity index (χ4v) is 4.53. The maximum Gasteiger partial charge on any atom is 0.411 e. The number of amides is 2. The number of nitrogens with one attached hydrogen (secondary N) is 2. The minimum absolute atomic E-state index is 0.00694. The summed E-state index contributed by atoms with van der Waals surface area (Å²) in [5, 5.41) is 18.6. The van der Waals surface area contributed by atoms with Crippen LogP contribution in [0.1, 0.15) is 53.7 Å². The summed E-state index contributed by atoms with van der Waals surface area (Å²) in [6, 6.07) is 15.6. The van der Waals surface area contributed by atoms with Crippen LogP contribution in [-0.4, -0.2) is 45.5 Å². The Bertz CT molecular complexity index is 1210. The lowest BCUT2D eigenvalue weighted by Crippen LogP contribution is -2.37. The van der Waals surface area contributed by atoms with Crippen molar-refractivity contribution in [3.05, 3.63) is 71.5 Å². The summed E-state index contributed by atoms with van der Waals surface area (Å²) in [6.45, 7) is 2.05. The lowest BCUT2D eigenvalue weighted by molar-refractivity contribution is -0.137. The molecule has 35 heavy (non-hydrogen) atoms. The Hall–Kier alpha value is -4.14. The predicted molar refractivity (Wildman–Crippen MR) is 130 cm³/mol. The fraction of sp³-hybridized carbons (Fsp3) is 0.308. The minimum atomic E-state index is -0.998. The molecule has 0 bridgehead atoms. The van der Waals surface area contributed by atoms with Crippen LogP contribution < -0.4 is 10.6 Å². The number of carbonyl (C=O) groups excluding carboxylic acids is 2. The zero-order chi connectivity index (χ0) is 24.9. The van der Waals surface area contributed by atoms with Gasteiger partial charge in [0.25, 0.3) is 5.91 Å². The molecule has 182 valence electrons. The zero-order valence-electron chi connectivity index (χ0n) is 19.7. The predicted octanol–water partition coefficient (Wildman–Crippen LogP) is 4.15. The first-order chi connectivity index (χ1) is 16.9. The van der Waals surface area contributed by atoms with Crippen LogP contribution in [0.4, 0.5) is 10.5 Å². The monoisotopic (exact) mass is 476 g/mol. The summed E-state index contributed by atoms with van der Waals surface area (Å²) in [5.41, 5.74) is 4.64. The Morgan fingerprint density at radius 2 is 1.71 bits per heavy atom. The van der Waals surface area contributed by atoms with Gasteiger partial charge in [0.05, 0.1) is 12.1 Å². The highest BCUT2D eigenvalue weighted by atomic mass is 16.5. The van der Waals surface area contributed by atoms with E-state index in [1.807, 2.05) is 43.3 Å². The standard InChI is InChI=1S/C26H28N4O5/c1-3-8-16(13-23(31)32)27-25(33)24-22(14-30(2)29-24)28-26(34)35-15-21-19-11-6-4-9-17(19)18-10-5-7-12-20(18)21/h4-7,9-12,14,16,21H,3,8,13,15H2,1-2H3,(H,27,33)(H,28,34)(H,31,32)/t16-/m0/s1. The molecular formula is C26H28N4O5. The van der Waals surface area contributed by atoms with Gasteiger partial charge in [-0.25, -0.2) is 4.79 Å². The number of ether oxygens (including phenoxy) is 1. The van der Waals surface area contributed by atoms with E-state index in [-0.39, 0.29) is 30.3 Å². The molecule has 1 atom stereocenters. The van der Waals surface area contributed by atoms with Gasteiger partial charge >= 0.3 is 12.1 Å². The number of carboxylic acid groups (broad SMARTS) is 1. The Kier molecular flexibility index (Phi) is 7.14. The van der Waals surface area contributed by atoms with E-state index in [2.05, 4.69) is 27.9 Å². The molecule has 1 aliphatic carbocycles. The molecule has 0 radical (unpaired) electrons. The maximum absolute atomic E-state index is 12.8. The van der Waals surface area contributed by atoms with Gasteiger partial charge in [-0.15, -0.1) is 0 Å². The van der Waals surface area contributed by atoms with E-state index < -0.39 is 24.0 Å². The molecule has 0 saturated carbocycles. The van der Waals surface area contributed by atoms with E-state index in [1.54, 1.807) is 7.05 Å². The van der Waals surface area contributed by atoms with Crippen LogP contribution in [0.3, 0.4) is 0 Å². The Morgan fingerprint density at radius 1 is 1.09 bits per heavy atom. The van der Waals surface area contributed by atoms with Crippen molar-refractivity contribution in [3.63, 3.8) is 0 Å². The first kappa shape index (κ1) is 24.0. The molecule has 4 rings (SSSR count). The summed E-state index contributed by atoms with van der Waals surface area (Å²) in [4.78, 5) is 36.6. The average Bonchev–Trinajstić information content (AvgIpc) is 3.35. The number of aromatic nitrogens is 2. The summed E-state index contributed by atoms with van der Waals surface area (Å²) >= 11 is 0. The highest BCUT2D eigenvalue weighted by Crippen LogP contribution is 2.44. The summed E-state index contributed by atoms with van der Waals surface area (Å²) < 4.78 is 6.97.